The molecule has 1 aliphatic rings. The van der Waals surface area contributed by atoms with Crippen molar-refractivity contribution in [2.24, 2.45) is 5.92 Å². The Hall–Kier alpha value is -3.47. The SMILES string of the molecule is COCCn1ccc(NC(=O)[C@H](CC2CCCCC2)n2cc(Oc3ccccc3C(F)(F)F)cc2O)n1. The van der Waals surface area contributed by atoms with E-state index in [1.807, 2.05) is 0 Å². The van der Waals surface area contributed by atoms with Crippen molar-refractivity contribution < 1.29 is 32.5 Å². The number of nitrogens with one attached hydrogen (secondary N) is 1. The van der Waals surface area contributed by atoms with E-state index >= 15 is 0 Å². The molecule has 200 valence electrons. The van der Waals surface area contributed by atoms with E-state index in [9.17, 15) is 23.1 Å². The molecule has 1 aliphatic carbocycles. The zero-order valence-electron chi connectivity index (χ0n) is 20.6. The van der Waals surface area contributed by atoms with Crippen LogP contribution in [0.5, 0.6) is 17.4 Å². The van der Waals surface area contributed by atoms with Gasteiger partial charge >= 0.3 is 6.18 Å². The predicted octanol–water partition coefficient (Wildman–Crippen LogP) is 6.00. The number of alkyl halides is 3. The Bertz CT molecular complexity index is 1180. The van der Waals surface area contributed by atoms with Crippen LogP contribution in [0.4, 0.5) is 19.0 Å². The molecule has 4 rings (SSSR count). The molecule has 8 nitrogen and oxygen atoms in total. The number of para-hydroxylation sites is 1. The molecule has 1 amide bonds. The third-order valence-corrected chi connectivity index (χ3v) is 6.56. The molecule has 2 aromatic heterocycles. The smallest absolute Gasteiger partial charge is 0.419 e. The van der Waals surface area contributed by atoms with Gasteiger partial charge in [-0.3, -0.25) is 9.48 Å². The summed E-state index contributed by atoms with van der Waals surface area (Å²) in [6.45, 7) is 0.993. The molecule has 0 unspecified atom stereocenters. The van der Waals surface area contributed by atoms with E-state index in [0.29, 0.717) is 25.4 Å². The van der Waals surface area contributed by atoms with E-state index < -0.39 is 17.8 Å². The van der Waals surface area contributed by atoms with Crippen molar-refractivity contribution in [1.29, 1.82) is 0 Å². The fourth-order valence-electron chi connectivity index (χ4n) is 4.70. The van der Waals surface area contributed by atoms with Gasteiger partial charge in [-0.25, -0.2) is 0 Å². The van der Waals surface area contributed by atoms with Crippen LogP contribution in [0, 0.1) is 5.92 Å². The van der Waals surface area contributed by atoms with Crippen molar-refractivity contribution in [2.45, 2.75) is 57.3 Å². The molecule has 2 N–H and O–H groups in total. The van der Waals surface area contributed by atoms with Crippen molar-refractivity contribution in [3.8, 4) is 17.4 Å². The zero-order valence-corrected chi connectivity index (χ0v) is 20.6. The number of hydrogen-bond donors (Lipinski definition) is 2. The number of carbonyl (C=O) groups is 1. The number of hydrogen-bond acceptors (Lipinski definition) is 5. The van der Waals surface area contributed by atoms with Gasteiger partial charge in [0.2, 0.25) is 5.91 Å². The Morgan fingerprint density at radius 2 is 1.97 bits per heavy atom. The molecule has 3 aromatic rings. The largest absolute Gasteiger partial charge is 0.494 e. The Balaban J connectivity index is 1.57. The molecule has 0 radical (unpaired) electrons. The summed E-state index contributed by atoms with van der Waals surface area (Å²) in [7, 11) is 1.59. The number of benzene rings is 1. The first-order valence-electron chi connectivity index (χ1n) is 12.3. The van der Waals surface area contributed by atoms with E-state index in [4.69, 9.17) is 9.47 Å². The highest BCUT2D eigenvalue weighted by atomic mass is 19.4. The van der Waals surface area contributed by atoms with Crippen molar-refractivity contribution in [1.82, 2.24) is 14.3 Å². The van der Waals surface area contributed by atoms with Crippen molar-refractivity contribution in [3.63, 3.8) is 0 Å². The quantitative estimate of drug-likeness (QED) is 0.342. The van der Waals surface area contributed by atoms with E-state index in [1.54, 1.807) is 24.1 Å². The monoisotopic (exact) mass is 520 g/mol. The Labute approximate surface area is 213 Å². The molecule has 1 aromatic carbocycles. The van der Waals surface area contributed by atoms with Gasteiger partial charge in [-0.15, -0.1) is 0 Å². The zero-order chi connectivity index (χ0) is 26.4. The lowest BCUT2D eigenvalue weighted by Crippen LogP contribution is -2.28. The highest BCUT2D eigenvalue weighted by Gasteiger charge is 2.34. The molecule has 11 heteroatoms. The fraction of sp³-hybridized carbons (Fsp3) is 0.462. The molecular weight excluding hydrogens is 489 g/mol. The van der Waals surface area contributed by atoms with Crippen LogP contribution in [0.25, 0.3) is 0 Å². The lowest BCUT2D eigenvalue weighted by atomic mass is 9.84. The van der Waals surface area contributed by atoms with Gasteiger partial charge in [0.15, 0.2) is 11.7 Å². The number of amides is 1. The lowest BCUT2D eigenvalue weighted by molar-refractivity contribution is -0.138. The number of rotatable bonds is 10. The number of aromatic nitrogens is 3. The molecule has 1 atom stereocenters. The lowest BCUT2D eigenvalue weighted by Gasteiger charge is -2.27. The van der Waals surface area contributed by atoms with Gasteiger partial charge in [0.1, 0.15) is 17.5 Å². The van der Waals surface area contributed by atoms with Crippen LogP contribution >= 0.6 is 0 Å². The topological polar surface area (TPSA) is 90.5 Å². The minimum absolute atomic E-state index is 0.000474. The second-order valence-corrected chi connectivity index (χ2v) is 9.24. The first kappa shape index (κ1) is 26.6. The normalized spacial score (nSPS) is 15.5. The third kappa shape index (κ3) is 6.85. The molecule has 1 fully saturated rings. The van der Waals surface area contributed by atoms with Gasteiger partial charge in [0, 0.05) is 25.4 Å². The number of halogens is 3. The summed E-state index contributed by atoms with van der Waals surface area (Å²) in [6.07, 6.45) is 4.20. The minimum atomic E-state index is -4.60. The van der Waals surface area contributed by atoms with Crippen LogP contribution < -0.4 is 10.1 Å². The molecule has 0 aliphatic heterocycles. The van der Waals surface area contributed by atoms with Crippen molar-refractivity contribution >= 4 is 11.7 Å². The van der Waals surface area contributed by atoms with Gasteiger partial charge in [-0.2, -0.15) is 18.3 Å². The Morgan fingerprint density at radius 3 is 2.70 bits per heavy atom. The molecular formula is C26H31F3N4O4. The van der Waals surface area contributed by atoms with Crippen LogP contribution in [-0.2, 0) is 22.3 Å². The van der Waals surface area contributed by atoms with E-state index in [2.05, 4.69) is 10.4 Å². The van der Waals surface area contributed by atoms with E-state index in [1.165, 1.54) is 35.0 Å². The summed E-state index contributed by atoms with van der Waals surface area (Å²) >= 11 is 0. The third-order valence-electron chi connectivity index (χ3n) is 6.56. The first-order valence-corrected chi connectivity index (χ1v) is 12.3. The van der Waals surface area contributed by atoms with Crippen LogP contribution in [0.3, 0.4) is 0 Å². The summed E-state index contributed by atoms with van der Waals surface area (Å²) in [4.78, 5) is 13.4. The summed E-state index contributed by atoms with van der Waals surface area (Å²) in [6, 6.07) is 6.94. The second-order valence-electron chi connectivity index (χ2n) is 9.24. The van der Waals surface area contributed by atoms with E-state index in [-0.39, 0.29) is 29.2 Å². The summed E-state index contributed by atoms with van der Waals surface area (Å²) < 4.78 is 53.8. The number of nitrogens with zero attached hydrogens (tertiary/aromatic N) is 3. The summed E-state index contributed by atoms with van der Waals surface area (Å²) in [5.74, 6) is -0.406. The second kappa shape index (κ2) is 11.7. The maximum Gasteiger partial charge on any atom is 0.419 e. The van der Waals surface area contributed by atoms with Gasteiger partial charge < -0.3 is 24.5 Å². The highest BCUT2D eigenvalue weighted by Crippen LogP contribution is 2.40. The van der Waals surface area contributed by atoms with E-state index in [0.717, 1.165) is 38.2 Å². The molecule has 0 spiro atoms. The Morgan fingerprint density at radius 1 is 1.22 bits per heavy atom. The number of aromatic hydroxyl groups is 1. The summed E-state index contributed by atoms with van der Waals surface area (Å²) in [5.41, 5.74) is -0.928. The summed E-state index contributed by atoms with van der Waals surface area (Å²) in [5, 5.41) is 17.8. The van der Waals surface area contributed by atoms with Crippen LogP contribution in [0.15, 0.2) is 48.8 Å². The number of ether oxygens (including phenoxy) is 2. The number of carbonyl (C=O) groups excluding carboxylic acids is 1. The van der Waals surface area contributed by atoms with Crippen LogP contribution in [0.2, 0.25) is 0 Å². The maximum atomic E-state index is 13.4. The Kier molecular flexibility index (Phi) is 8.42. The fourth-order valence-corrected chi connectivity index (χ4v) is 4.70. The minimum Gasteiger partial charge on any atom is -0.494 e. The standard InChI is InChI=1S/C26H31F3N4O4/c1-36-14-13-32-12-11-23(31-32)30-25(35)21(15-18-7-3-2-4-8-18)33-17-19(16-24(33)34)37-22-10-6-5-9-20(22)26(27,28)29/h5-6,9-12,16-18,21,34H,2-4,7-8,13-15H2,1H3,(H,30,31,35)/t21-/m0/s1. The molecule has 37 heavy (non-hydrogen) atoms. The molecule has 2 heterocycles. The number of anilines is 1. The van der Waals surface area contributed by atoms with Crippen molar-refractivity contribution in [3.05, 3.63) is 54.4 Å². The molecule has 1 saturated carbocycles. The van der Waals surface area contributed by atoms with Gasteiger partial charge in [-0.1, -0.05) is 44.2 Å². The van der Waals surface area contributed by atoms with Gasteiger partial charge in [0.05, 0.1) is 24.9 Å². The average molecular weight is 521 g/mol. The van der Waals surface area contributed by atoms with Gasteiger partial charge in [-0.05, 0) is 24.5 Å². The molecule has 0 bridgehead atoms. The first-order chi connectivity index (χ1) is 17.7. The average Bonchev–Trinajstić information content (AvgIpc) is 3.47. The van der Waals surface area contributed by atoms with Crippen LogP contribution in [-0.4, -0.2) is 39.1 Å². The molecule has 0 saturated heterocycles. The highest BCUT2D eigenvalue weighted by molar-refractivity contribution is 5.93. The maximum absolute atomic E-state index is 13.4. The van der Waals surface area contributed by atoms with Gasteiger partial charge in [0.25, 0.3) is 0 Å². The number of methoxy groups -OCH3 is 1. The predicted molar refractivity (Wildman–Crippen MR) is 131 cm³/mol. The van der Waals surface area contributed by atoms with Crippen LogP contribution in [0.1, 0.15) is 50.1 Å². The van der Waals surface area contributed by atoms with Crippen molar-refractivity contribution in [2.75, 3.05) is 19.0 Å².